The van der Waals surface area contributed by atoms with Gasteiger partial charge in [0.15, 0.2) is 0 Å². The van der Waals surface area contributed by atoms with Gasteiger partial charge in [0.2, 0.25) is 0 Å². The molecule has 2 nitrogen and oxygen atoms in total. The molecule has 0 saturated heterocycles. The van der Waals surface area contributed by atoms with Crippen LogP contribution >= 0.6 is 27.5 Å². The molecule has 0 amide bonds. The largest absolute Gasteiger partial charge is 0.492 e. The lowest BCUT2D eigenvalue weighted by Gasteiger charge is -2.08. The van der Waals surface area contributed by atoms with Gasteiger partial charge in [0.05, 0.1) is 11.6 Å². The van der Waals surface area contributed by atoms with Gasteiger partial charge in [-0.1, -0.05) is 39.7 Å². The minimum absolute atomic E-state index is 0.627. The maximum atomic E-state index is 6.07. The van der Waals surface area contributed by atoms with Crippen molar-refractivity contribution in [1.29, 1.82) is 0 Å². The Kier molecular flexibility index (Phi) is 5.11. The predicted molar refractivity (Wildman–Crippen MR) is 83.8 cm³/mol. The molecule has 2 aromatic rings. The molecule has 0 saturated carbocycles. The fourth-order valence-electron chi connectivity index (χ4n) is 1.73. The molecule has 2 N–H and O–H groups in total. The molecular weight excluding hydrogens is 326 g/mol. The van der Waals surface area contributed by atoms with Gasteiger partial charge in [-0.2, -0.15) is 0 Å². The van der Waals surface area contributed by atoms with Crippen molar-refractivity contribution in [3.8, 4) is 5.75 Å². The number of hydrogen-bond donors (Lipinski definition) is 1. The average Bonchev–Trinajstić information content (AvgIpc) is 2.39. The van der Waals surface area contributed by atoms with Gasteiger partial charge in [-0.05, 0) is 48.7 Å². The summed E-state index contributed by atoms with van der Waals surface area (Å²) >= 11 is 9.44. The van der Waals surface area contributed by atoms with Gasteiger partial charge in [-0.25, -0.2) is 0 Å². The zero-order valence-electron chi connectivity index (χ0n) is 10.4. The van der Waals surface area contributed by atoms with Gasteiger partial charge < -0.3 is 10.5 Å². The summed E-state index contributed by atoms with van der Waals surface area (Å²) in [6, 6.07) is 13.5. The number of rotatable bonds is 5. The minimum Gasteiger partial charge on any atom is -0.492 e. The van der Waals surface area contributed by atoms with E-state index in [1.807, 2.05) is 42.5 Å². The average molecular weight is 341 g/mol. The van der Waals surface area contributed by atoms with E-state index >= 15 is 0 Å². The summed E-state index contributed by atoms with van der Waals surface area (Å²) in [7, 11) is 0. The lowest BCUT2D eigenvalue weighted by atomic mass is 10.1. The molecule has 0 aliphatic carbocycles. The Morgan fingerprint density at radius 2 is 1.84 bits per heavy atom. The monoisotopic (exact) mass is 339 g/mol. The predicted octanol–water partition coefficient (Wildman–Crippen LogP) is 4.70. The van der Waals surface area contributed by atoms with E-state index in [0.717, 1.165) is 28.8 Å². The molecule has 4 heteroatoms. The zero-order chi connectivity index (χ0) is 13.7. The highest BCUT2D eigenvalue weighted by Gasteiger charge is 2.02. The fraction of sp³-hybridized carbons (Fsp3) is 0.200. The molecule has 100 valence electrons. The number of hydrogen-bond acceptors (Lipinski definition) is 2. The first-order valence-corrected chi connectivity index (χ1v) is 7.24. The standard InChI is InChI=1S/C15H15BrClNO/c16-12-5-8-15(14(17)10-12)19-9-1-2-11-3-6-13(18)7-4-11/h3-8,10H,1-2,9,18H2. The number of nitrogens with two attached hydrogens (primary N) is 1. The topological polar surface area (TPSA) is 35.2 Å². The van der Waals surface area contributed by atoms with Crippen LogP contribution in [-0.4, -0.2) is 6.61 Å². The second kappa shape index (κ2) is 6.83. The van der Waals surface area contributed by atoms with Crippen LogP contribution in [0.3, 0.4) is 0 Å². The van der Waals surface area contributed by atoms with Crippen molar-refractivity contribution in [3.05, 3.63) is 57.5 Å². The van der Waals surface area contributed by atoms with Crippen molar-refractivity contribution >= 4 is 33.2 Å². The molecule has 0 aliphatic rings. The third-order valence-corrected chi connectivity index (χ3v) is 3.53. The summed E-state index contributed by atoms with van der Waals surface area (Å²) in [5, 5.41) is 0.627. The molecule has 0 spiro atoms. The first kappa shape index (κ1) is 14.2. The van der Waals surface area contributed by atoms with Gasteiger partial charge in [0, 0.05) is 10.2 Å². The lowest BCUT2D eigenvalue weighted by Crippen LogP contribution is -2.00. The number of benzene rings is 2. The number of anilines is 1. The highest BCUT2D eigenvalue weighted by Crippen LogP contribution is 2.27. The van der Waals surface area contributed by atoms with E-state index in [9.17, 15) is 0 Å². The van der Waals surface area contributed by atoms with E-state index in [4.69, 9.17) is 22.1 Å². The molecule has 0 atom stereocenters. The smallest absolute Gasteiger partial charge is 0.137 e. The molecule has 0 fully saturated rings. The summed E-state index contributed by atoms with van der Waals surface area (Å²) < 4.78 is 6.61. The van der Waals surface area contributed by atoms with Crippen molar-refractivity contribution in [2.24, 2.45) is 0 Å². The maximum absolute atomic E-state index is 6.07. The van der Waals surface area contributed by atoms with Crippen LogP contribution in [0.4, 0.5) is 5.69 Å². The summed E-state index contributed by atoms with van der Waals surface area (Å²) in [6.07, 6.45) is 1.91. The van der Waals surface area contributed by atoms with Crippen LogP contribution < -0.4 is 10.5 Å². The Morgan fingerprint density at radius 3 is 2.53 bits per heavy atom. The van der Waals surface area contributed by atoms with Crippen molar-refractivity contribution in [3.63, 3.8) is 0 Å². The molecule has 2 rings (SSSR count). The van der Waals surface area contributed by atoms with Crippen molar-refractivity contribution < 1.29 is 4.74 Å². The summed E-state index contributed by atoms with van der Waals surface area (Å²) in [4.78, 5) is 0. The quantitative estimate of drug-likeness (QED) is 0.632. The Bertz CT molecular complexity index is 542. The number of ether oxygens (including phenoxy) is 1. The number of nitrogen functional groups attached to an aromatic ring is 1. The second-order valence-corrected chi connectivity index (χ2v) is 5.59. The van der Waals surface area contributed by atoms with E-state index in [2.05, 4.69) is 15.9 Å². The van der Waals surface area contributed by atoms with E-state index < -0.39 is 0 Å². The van der Waals surface area contributed by atoms with Crippen molar-refractivity contribution in [2.45, 2.75) is 12.8 Å². The van der Waals surface area contributed by atoms with Crippen LogP contribution in [0.1, 0.15) is 12.0 Å². The van der Waals surface area contributed by atoms with Gasteiger partial charge in [0.1, 0.15) is 5.75 Å². The maximum Gasteiger partial charge on any atom is 0.137 e. The van der Waals surface area contributed by atoms with Crippen molar-refractivity contribution in [1.82, 2.24) is 0 Å². The lowest BCUT2D eigenvalue weighted by molar-refractivity contribution is 0.311. The van der Waals surface area contributed by atoms with Crippen molar-refractivity contribution in [2.75, 3.05) is 12.3 Å². The van der Waals surface area contributed by atoms with Crippen LogP contribution in [0.15, 0.2) is 46.9 Å². The third-order valence-electron chi connectivity index (χ3n) is 2.74. The first-order valence-electron chi connectivity index (χ1n) is 6.07. The Balaban J connectivity index is 1.79. The van der Waals surface area contributed by atoms with Crippen LogP contribution in [0, 0.1) is 0 Å². The molecular formula is C15H15BrClNO. The second-order valence-electron chi connectivity index (χ2n) is 4.27. The molecule has 19 heavy (non-hydrogen) atoms. The molecule has 0 unspecified atom stereocenters. The molecule has 0 heterocycles. The van der Waals surface area contributed by atoms with E-state index in [-0.39, 0.29) is 0 Å². The summed E-state index contributed by atoms with van der Waals surface area (Å²) in [5.41, 5.74) is 7.70. The highest BCUT2D eigenvalue weighted by molar-refractivity contribution is 9.10. The van der Waals surface area contributed by atoms with E-state index in [1.165, 1.54) is 5.56 Å². The third kappa shape index (κ3) is 4.44. The number of aryl methyl sites for hydroxylation is 1. The van der Waals surface area contributed by atoms with Crippen LogP contribution in [0.5, 0.6) is 5.75 Å². The van der Waals surface area contributed by atoms with Gasteiger partial charge >= 0.3 is 0 Å². The van der Waals surface area contributed by atoms with Gasteiger partial charge in [-0.3, -0.25) is 0 Å². The Hall–Kier alpha value is -1.19. The molecule has 0 bridgehead atoms. The summed E-state index contributed by atoms with van der Waals surface area (Å²) in [5.74, 6) is 0.724. The SMILES string of the molecule is Nc1ccc(CCCOc2ccc(Br)cc2Cl)cc1. The Labute approximate surface area is 126 Å². The zero-order valence-corrected chi connectivity index (χ0v) is 12.7. The molecule has 0 aromatic heterocycles. The molecule has 0 aliphatic heterocycles. The van der Waals surface area contributed by atoms with Crippen LogP contribution in [0.25, 0.3) is 0 Å². The van der Waals surface area contributed by atoms with Crippen LogP contribution in [0.2, 0.25) is 5.02 Å². The molecule has 2 aromatic carbocycles. The normalized spacial score (nSPS) is 10.4. The van der Waals surface area contributed by atoms with Crippen LogP contribution in [-0.2, 0) is 6.42 Å². The van der Waals surface area contributed by atoms with E-state index in [1.54, 1.807) is 0 Å². The minimum atomic E-state index is 0.627. The number of halogens is 2. The first-order chi connectivity index (χ1) is 9.15. The fourth-order valence-corrected chi connectivity index (χ4v) is 2.46. The highest BCUT2D eigenvalue weighted by atomic mass is 79.9. The van der Waals surface area contributed by atoms with Gasteiger partial charge in [0.25, 0.3) is 0 Å². The molecule has 0 radical (unpaired) electrons. The van der Waals surface area contributed by atoms with Gasteiger partial charge in [-0.15, -0.1) is 0 Å². The summed E-state index contributed by atoms with van der Waals surface area (Å²) in [6.45, 7) is 0.645. The Morgan fingerprint density at radius 1 is 1.11 bits per heavy atom. The van der Waals surface area contributed by atoms with E-state index in [0.29, 0.717) is 11.6 Å².